The fourth-order valence-electron chi connectivity index (χ4n) is 2.17. The van der Waals surface area contributed by atoms with Crippen LogP contribution in [0.25, 0.3) is 0 Å². The summed E-state index contributed by atoms with van der Waals surface area (Å²) in [7, 11) is -4.04. The molecule has 1 heterocycles. The second kappa shape index (κ2) is 9.16. The summed E-state index contributed by atoms with van der Waals surface area (Å²) < 4.78 is 27.0. The SMILES string of the molecule is CCC(C)Nc1nc(Cl)nc(N(CC)C(=O)NS(=O)(=O)c2ccc(C)cc2)n1. The summed E-state index contributed by atoms with van der Waals surface area (Å²) in [6.07, 6.45) is 0.825. The van der Waals surface area contributed by atoms with E-state index in [0.717, 1.165) is 16.9 Å². The third kappa shape index (κ3) is 5.52. The Bertz CT molecular complexity index is 936. The van der Waals surface area contributed by atoms with Crippen LogP contribution >= 0.6 is 11.6 Å². The van der Waals surface area contributed by atoms with Crippen molar-refractivity contribution in [2.45, 2.75) is 45.1 Å². The number of nitrogens with zero attached hydrogens (tertiary/aromatic N) is 4. The highest BCUT2D eigenvalue weighted by Crippen LogP contribution is 2.16. The number of hydrogen-bond acceptors (Lipinski definition) is 7. The lowest BCUT2D eigenvalue weighted by Crippen LogP contribution is -2.43. The van der Waals surface area contributed by atoms with Crippen LogP contribution in [-0.4, -0.2) is 42.0 Å². The minimum Gasteiger partial charge on any atom is -0.352 e. The number of carbonyl (C=O) groups excluding carboxylic acids is 1. The fraction of sp³-hybridized carbons (Fsp3) is 0.412. The first-order valence-electron chi connectivity index (χ1n) is 8.75. The standard InChI is InChI=1S/C17H23ClN6O3S/c1-5-12(4)19-15-20-14(18)21-16(22-15)24(6-2)17(25)23-28(26,27)13-9-7-11(3)8-10-13/h7-10,12H,5-6H2,1-4H3,(H,23,25)(H,19,20,21,22). The van der Waals surface area contributed by atoms with Crippen molar-refractivity contribution in [2.75, 3.05) is 16.8 Å². The number of rotatable bonds is 7. The van der Waals surface area contributed by atoms with Crippen LogP contribution in [0.1, 0.15) is 32.8 Å². The molecule has 2 N–H and O–H groups in total. The van der Waals surface area contributed by atoms with Gasteiger partial charge in [0.05, 0.1) is 4.90 Å². The summed E-state index contributed by atoms with van der Waals surface area (Å²) in [5.74, 6) is 0.155. The molecule has 0 spiro atoms. The number of hydrogen-bond donors (Lipinski definition) is 2. The molecule has 0 saturated carbocycles. The maximum atomic E-state index is 12.6. The van der Waals surface area contributed by atoms with Crippen molar-refractivity contribution < 1.29 is 13.2 Å². The van der Waals surface area contributed by atoms with Gasteiger partial charge in [0, 0.05) is 12.6 Å². The lowest BCUT2D eigenvalue weighted by molar-refractivity contribution is 0.251. The molecule has 11 heteroatoms. The Balaban J connectivity index is 2.27. The van der Waals surface area contributed by atoms with Gasteiger partial charge in [0.15, 0.2) is 0 Å². The molecule has 0 fully saturated rings. The topological polar surface area (TPSA) is 117 Å². The molecule has 0 aliphatic rings. The molecule has 0 saturated heterocycles. The molecule has 2 aromatic rings. The van der Waals surface area contributed by atoms with Crippen molar-refractivity contribution >= 4 is 39.6 Å². The van der Waals surface area contributed by atoms with E-state index in [9.17, 15) is 13.2 Å². The lowest BCUT2D eigenvalue weighted by atomic mass is 10.2. The van der Waals surface area contributed by atoms with Gasteiger partial charge in [-0.1, -0.05) is 24.6 Å². The average Bonchev–Trinajstić information content (AvgIpc) is 2.61. The van der Waals surface area contributed by atoms with Gasteiger partial charge >= 0.3 is 6.03 Å². The molecule has 28 heavy (non-hydrogen) atoms. The number of anilines is 2. The van der Waals surface area contributed by atoms with E-state index in [4.69, 9.17) is 11.6 Å². The summed E-state index contributed by atoms with van der Waals surface area (Å²) in [4.78, 5) is 25.8. The first kappa shape index (κ1) is 21.8. The Labute approximate surface area is 169 Å². The third-order valence-electron chi connectivity index (χ3n) is 3.94. The van der Waals surface area contributed by atoms with Gasteiger partial charge in [0.1, 0.15) is 0 Å². The van der Waals surface area contributed by atoms with E-state index in [1.54, 1.807) is 19.1 Å². The minimum atomic E-state index is -4.04. The van der Waals surface area contributed by atoms with E-state index in [0.29, 0.717) is 0 Å². The van der Waals surface area contributed by atoms with Gasteiger partial charge in [-0.25, -0.2) is 17.9 Å². The van der Waals surface area contributed by atoms with Gasteiger partial charge in [-0.15, -0.1) is 0 Å². The van der Waals surface area contributed by atoms with Crippen LogP contribution < -0.4 is 14.9 Å². The zero-order valence-corrected chi connectivity index (χ0v) is 17.7. The Morgan fingerprint density at radius 3 is 2.39 bits per heavy atom. The van der Waals surface area contributed by atoms with Crippen molar-refractivity contribution in [1.29, 1.82) is 0 Å². The Hall–Kier alpha value is -2.46. The zero-order valence-electron chi connectivity index (χ0n) is 16.1. The molecule has 9 nitrogen and oxygen atoms in total. The van der Waals surface area contributed by atoms with Crippen molar-refractivity contribution in [1.82, 2.24) is 19.7 Å². The quantitative estimate of drug-likeness (QED) is 0.698. The number of amides is 2. The predicted octanol–water partition coefficient (Wildman–Crippen LogP) is 2.97. The molecule has 1 aromatic carbocycles. The highest BCUT2D eigenvalue weighted by molar-refractivity contribution is 7.90. The van der Waals surface area contributed by atoms with Gasteiger partial charge in [-0.2, -0.15) is 15.0 Å². The number of aryl methyl sites for hydroxylation is 1. The molecule has 1 aromatic heterocycles. The molecule has 2 rings (SSSR count). The van der Waals surface area contributed by atoms with E-state index in [-0.39, 0.29) is 34.7 Å². The van der Waals surface area contributed by atoms with Crippen LogP contribution in [0.15, 0.2) is 29.2 Å². The molecule has 1 atom stereocenters. The average molecular weight is 427 g/mol. The molecule has 0 bridgehead atoms. The Morgan fingerprint density at radius 1 is 1.18 bits per heavy atom. The third-order valence-corrected chi connectivity index (χ3v) is 5.45. The van der Waals surface area contributed by atoms with Crippen molar-refractivity contribution in [2.24, 2.45) is 0 Å². The molecular formula is C17H23ClN6O3S. The number of halogens is 1. The van der Waals surface area contributed by atoms with Crippen LogP contribution in [0, 0.1) is 6.92 Å². The summed E-state index contributed by atoms with van der Waals surface area (Å²) in [6.45, 7) is 7.55. The maximum absolute atomic E-state index is 12.6. The van der Waals surface area contributed by atoms with Crippen LogP contribution in [0.2, 0.25) is 5.28 Å². The van der Waals surface area contributed by atoms with Gasteiger partial charge < -0.3 is 5.32 Å². The highest BCUT2D eigenvalue weighted by atomic mass is 35.5. The first-order chi connectivity index (χ1) is 13.2. The van der Waals surface area contributed by atoms with Crippen LogP contribution in [0.5, 0.6) is 0 Å². The van der Waals surface area contributed by atoms with E-state index in [1.165, 1.54) is 12.1 Å². The largest absolute Gasteiger partial charge is 0.352 e. The first-order valence-corrected chi connectivity index (χ1v) is 10.6. The summed E-state index contributed by atoms with van der Waals surface area (Å²) in [5.41, 5.74) is 0.904. The molecule has 0 aliphatic carbocycles. The van der Waals surface area contributed by atoms with E-state index < -0.39 is 16.1 Å². The zero-order chi connectivity index (χ0) is 20.9. The number of sulfonamides is 1. The second-order valence-corrected chi connectivity index (χ2v) is 8.17. The smallest absolute Gasteiger partial charge is 0.338 e. The molecule has 0 radical (unpaired) electrons. The molecule has 2 amide bonds. The van der Waals surface area contributed by atoms with Gasteiger partial charge in [-0.05, 0) is 50.9 Å². The lowest BCUT2D eigenvalue weighted by Gasteiger charge is -2.20. The summed E-state index contributed by atoms with van der Waals surface area (Å²) in [5, 5.41) is 2.94. The summed E-state index contributed by atoms with van der Waals surface area (Å²) in [6, 6.07) is 5.34. The van der Waals surface area contributed by atoms with Crippen LogP contribution in [0.4, 0.5) is 16.7 Å². The number of urea groups is 1. The number of carbonyl (C=O) groups is 1. The monoisotopic (exact) mass is 426 g/mol. The Kier molecular flexibility index (Phi) is 7.14. The minimum absolute atomic E-state index is 0.0182. The molecule has 0 aliphatic heterocycles. The van der Waals surface area contributed by atoms with E-state index in [1.807, 2.05) is 25.5 Å². The van der Waals surface area contributed by atoms with Crippen LogP contribution in [-0.2, 0) is 10.0 Å². The van der Waals surface area contributed by atoms with Crippen LogP contribution in [0.3, 0.4) is 0 Å². The maximum Gasteiger partial charge on any atom is 0.338 e. The second-order valence-electron chi connectivity index (χ2n) is 6.15. The fourth-order valence-corrected chi connectivity index (χ4v) is 3.28. The van der Waals surface area contributed by atoms with Crippen molar-refractivity contribution in [3.63, 3.8) is 0 Å². The Morgan fingerprint density at radius 2 is 1.82 bits per heavy atom. The molecular weight excluding hydrogens is 404 g/mol. The van der Waals surface area contributed by atoms with Gasteiger partial charge in [-0.3, -0.25) is 4.90 Å². The number of nitrogens with one attached hydrogen (secondary N) is 2. The number of aromatic nitrogens is 3. The molecule has 152 valence electrons. The molecule has 1 unspecified atom stereocenters. The van der Waals surface area contributed by atoms with Crippen molar-refractivity contribution in [3.05, 3.63) is 35.1 Å². The predicted molar refractivity (Wildman–Crippen MR) is 108 cm³/mol. The van der Waals surface area contributed by atoms with Gasteiger partial charge in [0.2, 0.25) is 17.2 Å². The van der Waals surface area contributed by atoms with E-state index >= 15 is 0 Å². The highest BCUT2D eigenvalue weighted by Gasteiger charge is 2.24. The van der Waals surface area contributed by atoms with Gasteiger partial charge in [0.25, 0.3) is 10.0 Å². The number of benzene rings is 1. The van der Waals surface area contributed by atoms with E-state index in [2.05, 4.69) is 20.3 Å². The summed E-state index contributed by atoms with van der Waals surface area (Å²) >= 11 is 5.95. The van der Waals surface area contributed by atoms with Crippen molar-refractivity contribution in [3.8, 4) is 0 Å². The normalized spacial score (nSPS) is 12.3.